The van der Waals surface area contributed by atoms with Crippen molar-refractivity contribution in [3.8, 4) is 0 Å². The van der Waals surface area contributed by atoms with Gasteiger partial charge in [0.15, 0.2) is 0 Å². The summed E-state index contributed by atoms with van der Waals surface area (Å²) in [5, 5.41) is 14.4. The third-order valence-electron chi connectivity index (χ3n) is 2.84. The fourth-order valence-corrected chi connectivity index (χ4v) is 1.70. The number of carbonyl (C=O) groups is 2. The normalized spacial score (nSPS) is 18.4. The van der Waals surface area contributed by atoms with Crippen molar-refractivity contribution in [1.29, 1.82) is 0 Å². The second-order valence-corrected chi connectivity index (χ2v) is 5.50. The maximum absolute atomic E-state index is 11.5. The highest BCUT2D eigenvalue weighted by atomic mass is 16.4. The van der Waals surface area contributed by atoms with Crippen molar-refractivity contribution in [2.24, 2.45) is 5.41 Å². The van der Waals surface area contributed by atoms with Crippen molar-refractivity contribution in [2.75, 3.05) is 6.54 Å². The number of carbonyl (C=O) groups excluding carboxylic acids is 1. The topological polar surface area (TPSA) is 78.4 Å². The molecule has 1 fully saturated rings. The van der Waals surface area contributed by atoms with E-state index in [1.165, 1.54) is 0 Å². The summed E-state index contributed by atoms with van der Waals surface area (Å²) in [5.41, 5.74) is -1.03. The van der Waals surface area contributed by atoms with Gasteiger partial charge in [0.05, 0.1) is 5.41 Å². The van der Waals surface area contributed by atoms with Crippen LogP contribution in [-0.2, 0) is 4.79 Å². The number of aliphatic carboxylic acids is 1. The molecule has 5 heteroatoms. The van der Waals surface area contributed by atoms with Crippen LogP contribution in [0.5, 0.6) is 0 Å². The van der Waals surface area contributed by atoms with E-state index >= 15 is 0 Å². The molecule has 0 heterocycles. The van der Waals surface area contributed by atoms with E-state index in [0.29, 0.717) is 12.8 Å². The standard InChI is InChI=1S/C11H20N2O3/c1-10(2,3)13-9(16)12-7-11(8(14)15)5-4-6-11/h4-7H2,1-3H3,(H,14,15)(H2,12,13,16). The Labute approximate surface area is 95.6 Å². The number of hydrogen-bond acceptors (Lipinski definition) is 2. The van der Waals surface area contributed by atoms with E-state index in [4.69, 9.17) is 5.11 Å². The number of amides is 2. The number of carboxylic acids is 1. The third-order valence-corrected chi connectivity index (χ3v) is 2.84. The van der Waals surface area contributed by atoms with Crippen LogP contribution in [0.15, 0.2) is 0 Å². The molecule has 0 atom stereocenters. The Morgan fingerprint density at radius 3 is 2.19 bits per heavy atom. The Bertz CT molecular complexity index is 290. The van der Waals surface area contributed by atoms with Crippen molar-refractivity contribution in [2.45, 2.75) is 45.6 Å². The van der Waals surface area contributed by atoms with Crippen LogP contribution < -0.4 is 10.6 Å². The largest absolute Gasteiger partial charge is 0.481 e. The zero-order valence-electron chi connectivity index (χ0n) is 10.1. The maximum Gasteiger partial charge on any atom is 0.315 e. The summed E-state index contributed by atoms with van der Waals surface area (Å²) in [6.07, 6.45) is 2.23. The van der Waals surface area contributed by atoms with Gasteiger partial charge in [-0.25, -0.2) is 4.79 Å². The molecule has 16 heavy (non-hydrogen) atoms. The minimum absolute atomic E-state index is 0.213. The van der Waals surface area contributed by atoms with Gasteiger partial charge in [0.1, 0.15) is 0 Å². The molecule has 0 saturated heterocycles. The lowest BCUT2D eigenvalue weighted by atomic mass is 9.69. The Hall–Kier alpha value is -1.26. The summed E-state index contributed by atoms with van der Waals surface area (Å²) in [7, 11) is 0. The summed E-state index contributed by atoms with van der Waals surface area (Å²) < 4.78 is 0. The van der Waals surface area contributed by atoms with Gasteiger partial charge in [0, 0.05) is 12.1 Å². The van der Waals surface area contributed by atoms with Gasteiger partial charge in [0.2, 0.25) is 0 Å². The zero-order valence-corrected chi connectivity index (χ0v) is 10.1. The molecular formula is C11H20N2O3. The average Bonchev–Trinajstić information content (AvgIpc) is 1.97. The monoisotopic (exact) mass is 228 g/mol. The summed E-state index contributed by atoms with van der Waals surface area (Å²) in [5.74, 6) is -0.810. The Morgan fingerprint density at radius 1 is 1.31 bits per heavy atom. The molecular weight excluding hydrogens is 208 g/mol. The lowest BCUT2D eigenvalue weighted by molar-refractivity contribution is -0.153. The third kappa shape index (κ3) is 3.12. The molecule has 0 aromatic carbocycles. The molecule has 1 aliphatic rings. The van der Waals surface area contributed by atoms with Crippen molar-refractivity contribution in [3.05, 3.63) is 0 Å². The van der Waals surface area contributed by atoms with E-state index in [-0.39, 0.29) is 18.1 Å². The highest BCUT2D eigenvalue weighted by Gasteiger charge is 2.44. The first-order valence-corrected chi connectivity index (χ1v) is 5.55. The van der Waals surface area contributed by atoms with E-state index in [1.54, 1.807) is 0 Å². The quantitative estimate of drug-likeness (QED) is 0.682. The molecule has 2 amide bonds. The van der Waals surface area contributed by atoms with E-state index in [9.17, 15) is 9.59 Å². The highest BCUT2D eigenvalue weighted by molar-refractivity contribution is 5.79. The second kappa shape index (κ2) is 4.31. The predicted molar refractivity (Wildman–Crippen MR) is 60.2 cm³/mol. The van der Waals surface area contributed by atoms with Gasteiger partial charge in [-0.3, -0.25) is 4.79 Å². The Morgan fingerprint density at radius 2 is 1.88 bits per heavy atom. The van der Waals surface area contributed by atoms with Gasteiger partial charge in [-0.05, 0) is 33.6 Å². The van der Waals surface area contributed by atoms with Crippen molar-refractivity contribution >= 4 is 12.0 Å². The van der Waals surface area contributed by atoms with E-state index in [2.05, 4.69) is 10.6 Å². The van der Waals surface area contributed by atoms with Gasteiger partial charge in [0.25, 0.3) is 0 Å². The molecule has 0 aliphatic heterocycles. The molecule has 0 aromatic rings. The van der Waals surface area contributed by atoms with Crippen LogP contribution in [0.4, 0.5) is 4.79 Å². The van der Waals surface area contributed by atoms with Crippen LogP contribution in [0.3, 0.4) is 0 Å². The molecule has 0 spiro atoms. The minimum atomic E-state index is -0.810. The average molecular weight is 228 g/mol. The summed E-state index contributed by atoms with van der Waals surface area (Å²) in [4.78, 5) is 22.5. The lowest BCUT2D eigenvalue weighted by Gasteiger charge is -2.37. The van der Waals surface area contributed by atoms with Crippen molar-refractivity contribution in [1.82, 2.24) is 10.6 Å². The van der Waals surface area contributed by atoms with Crippen LogP contribution in [0, 0.1) is 5.41 Å². The molecule has 0 radical (unpaired) electrons. The fourth-order valence-electron chi connectivity index (χ4n) is 1.70. The molecule has 5 nitrogen and oxygen atoms in total. The van der Waals surface area contributed by atoms with E-state index in [0.717, 1.165) is 6.42 Å². The molecule has 0 aromatic heterocycles. The van der Waals surface area contributed by atoms with Crippen LogP contribution in [0.1, 0.15) is 40.0 Å². The smallest absolute Gasteiger partial charge is 0.315 e. The fraction of sp³-hybridized carbons (Fsp3) is 0.818. The molecule has 0 unspecified atom stereocenters. The molecule has 1 rings (SSSR count). The van der Waals surface area contributed by atoms with Gasteiger partial charge >= 0.3 is 12.0 Å². The maximum atomic E-state index is 11.5. The lowest BCUT2D eigenvalue weighted by Crippen LogP contribution is -2.52. The summed E-state index contributed by atoms with van der Waals surface area (Å²) >= 11 is 0. The van der Waals surface area contributed by atoms with Gasteiger partial charge in [-0.1, -0.05) is 6.42 Å². The van der Waals surface area contributed by atoms with Crippen molar-refractivity contribution in [3.63, 3.8) is 0 Å². The Kier molecular flexibility index (Phi) is 3.45. The van der Waals surface area contributed by atoms with Crippen LogP contribution >= 0.6 is 0 Å². The van der Waals surface area contributed by atoms with Gasteiger partial charge in [-0.15, -0.1) is 0 Å². The Balaban J connectivity index is 2.39. The number of rotatable bonds is 3. The second-order valence-electron chi connectivity index (χ2n) is 5.50. The summed E-state index contributed by atoms with van der Waals surface area (Å²) in [6, 6.07) is -0.306. The first-order valence-electron chi connectivity index (χ1n) is 5.55. The molecule has 3 N–H and O–H groups in total. The van der Waals surface area contributed by atoms with Gasteiger partial charge in [-0.2, -0.15) is 0 Å². The number of carboxylic acid groups (broad SMARTS) is 1. The molecule has 1 saturated carbocycles. The molecule has 1 aliphatic carbocycles. The van der Waals surface area contributed by atoms with Crippen molar-refractivity contribution < 1.29 is 14.7 Å². The first-order chi connectivity index (χ1) is 7.25. The minimum Gasteiger partial charge on any atom is -0.481 e. The highest BCUT2D eigenvalue weighted by Crippen LogP contribution is 2.40. The predicted octanol–water partition coefficient (Wildman–Crippen LogP) is 1.34. The van der Waals surface area contributed by atoms with Gasteiger partial charge < -0.3 is 15.7 Å². The van der Waals surface area contributed by atoms with E-state index in [1.807, 2.05) is 20.8 Å². The first kappa shape index (κ1) is 12.8. The van der Waals surface area contributed by atoms with Crippen LogP contribution in [-0.4, -0.2) is 29.2 Å². The van der Waals surface area contributed by atoms with Crippen LogP contribution in [0.25, 0.3) is 0 Å². The molecule has 92 valence electrons. The van der Waals surface area contributed by atoms with E-state index < -0.39 is 11.4 Å². The summed E-state index contributed by atoms with van der Waals surface area (Å²) in [6.45, 7) is 5.85. The van der Waals surface area contributed by atoms with Crippen LogP contribution in [0.2, 0.25) is 0 Å². The number of urea groups is 1. The number of hydrogen-bond donors (Lipinski definition) is 3. The molecule has 0 bridgehead atoms. The SMILES string of the molecule is CC(C)(C)NC(=O)NCC1(C(=O)O)CCC1. The zero-order chi connectivity index (χ0) is 12.4. The number of nitrogens with one attached hydrogen (secondary N) is 2.